The minimum Gasteiger partial charge on any atom is -0.348 e. The van der Waals surface area contributed by atoms with E-state index in [2.05, 4.69) is 46.6 Å². The second-order valence-corrected chi connectivity index (χ2v) is 5.94. The molecule has 4 nitrogen and oxygen atoms in total. The number of fused-ring (bicyclic) bond motifs is 1. The number of anilines is 1. The van der Waals surface area contributed by atoms with Gasteiger partial charge in [0.2, 0.25) is 5.95 Å². The zero-order valence-corrected chi connectivity index (χ0v) is 12.8. The highest BCUT2D eigenvalue weighted by atomic mass is 19.1. The number of nitrogens with one attached hydrogen (secondary N) is 1. The van der Waals surface area contributed by atoms with E-state index in [-0.39, 0.29) is 17.9 Å². The summed E-state index contributed by atoms with van der Waals surface area (Å²) in [6.07, 6.45) is 2.41. The largest absolute Gasteiger partial charge is 0.348 e. The molecule has 0 unspecified atom stereocenters. The minimum atomic E-state index is -0.219. The van der Waals surface area contributed by atoms with E-state index in [4.69, 9.17) is 0 Å². The molecule has 2 heterocycles. The third-order valence-electron chi connectivity index (χ3n) is 4.33. The first kappa shape index (κ1) is 13.9. The molecule has 2 aromatic carbocycles. The first-order chi connectivity index (χ1) is 11.2. The second-order valence-electron chi connectivity index (χ2n) is 5.94. The Morgan fingerprint density at radius 3 is 2.74 bits per heavy atom. The third-order valence-corrected chi connectivity index (χ3v) is 4.33. The number of benzene rings is 2. The van der Waals surface area contributed by atoms with Crippen LogP contribution in [0, 0.1) is 12.7 Å². The predicted molar refractivity (Wildman–Crippen MR) is 86.7 cm³/mol. The molecule has 0 fully saturated rings. The summed E-state index contributed by atoms with van der Waals surface area (Å²) < 4.78 is 15.1. The Balaban J connectivity index is 1.73. The number of rotatable bonds is 2. The van der Waals surface area contributed by atoms with Crippen LogP contribution in [0.3, 0.4) is 0 Å². The summed E-state index contributed by atoms with van der Waals surface area (Å²) in [4.78, 5) is 4.31. The summed E-state index contributed by atoms with van der Waals surface area (Å²) >= 11 is 0. The van der Waals surface area contributed by atoms with E-state index in [0.29, 0.717) is 0 Å². The van der Waals surface area contributed by atoms with Gasteiger partial charge in [0, 0.05) is 0 Å². The van der Waals surface area contributed by atoms with Gasteiger partial charge in [0.15, 0.2) is 0 Å². The van der Waals surface area contributed by atoms with Crippen LogP contribution < -0.4 is 5.32 Å². The van der Waals surface area contributed by atoms with Crippen molar-refractivity contribution in [1.82, 2.24) is 14.8 Å². The molecule has 0 saturated heterocycles. The fourth-order valence-electron chi connectivity index (χ4n) is 3.19. The van der Waals surface area contributed by atoms with Crippen molar-refractivity contribution in [2.75, 3.05) is 5.32 Å². The molecular formula is C18H17FN4. The molecule has 4 rings (SSSR count). The average molecular weight is 308 g/mol. The van der Waals surface area contributed by atoms with Gasteiger partial charge in [-0.3, -0.25) is 0 Å². The highest BCUT2D eigenvalue weighted by molar-refractivity contribution is 5.38. The molecule has 0 aliphatic carbocycles. The molecule has 1 N–H and O–H groups in total. The molecule has 1 aromatic heterocycles. The lowest BCUT2D eigenvalue weighted by atomic mass is 9.93. The summed E-state index contributed by atoms with van der Waals surface area (Å²) in [6, 6.07) is 15.3. The number of hydrogen-bond donors (Lipinski definition) is 1. The maximum atomic E-state index is 13.2. The third kappa shape index (κ3) is 2.59. The van der Waals surface area contributed by atoms with Gasteiger partial charge in [-0.25, -0.2) is 9.07 Å². The molecule has 0 saturated carbocycles. The van der Waals surface area contributed by atoms with E-state index in [1.165, 1.54) is 23.3 Å². The lowest BCUT2D eigenvalue weighted by Gasteiger charge is -2.32. The molecule has 2 atom stereocenters. The zero-order chi connectivity index (χ0) is 15.8. The average Bonchev–Trinajstić information content (AvgIpc) is 3.03. The Kier molecular flexibility index (Phi) is 3.33. The normalized spacial score (nSPS) is 19.9. The van der Waals surface area contributed by atoms with Crippen molar-refractivity contribution in [3.63, 3.8) is 0 Å². The van der Waals surface area contributed by atoms with Crippen molar-refractivity contribution < 1.29 is 4.39 Å². The monoisotopic (exact) mass is 308 g/mol. The molecule has 3 aromatic rings. The van der Waals surface area contributed by atoms with Crippen molar-refractivity contribution in [2.24, 2.45) is 0 Å². The fraction of sp³-hybridized carbons (Fsp3) is 0.222. The highest BCUT2D eigenvalue weighted by Gasteiger charge is 2.29. The Morgan fingerprint density at radius 2 is 1.96 bits per heavy atom. The number of halogens is 1. The molecule has 0 radical (unpaired) electrons. The van der Waals surface area contributed by atoms with Crippen LogP contribution in [0.4, 0.5) is 10.3 Å². The highest BCUT2D eigenvalue weighted by Crippen LogP contribution is 2.37. The van der Waals surface area contributed by atoms with E-state index in [9.17, 15) is 4.39 Å². The standard InChI is InChI=1S/C18H17FN4/c1-12-3-2-4-14(9-12)17-10-16(13-5-7-15(19)8-6-13)22-18-20-11-21-23(17)18/h2-9,11,16-17H,10H2,1H3,(H,20,21,22)/t16-,17+/m1/s1. The van der Waals surface area contributed by atoms with E-state index in [1.807, 2.05) is 16.8 Å². The Hall–Kier alpha value is -2.69. The summed E-state index contributed by atoms with van der Waals surface area (Å²) in [5.41, 5.74) is 3.49. The van der Waals surface area contributed by atoms with Crippen molar-refractivity contribution in [2.45, 2.75) is 25.4 Å². The quantitative estimate of drug-likeness (QED) is 0.781. The second kappa shape index (κ2) is 5.50. The first-order valence-corrected chi connectivity index (χ1v) is 7.69. The number of nitrogens with zero attached hydrogens (tertiary/aromatic N) is 3. The molecule has 0 spiro atoms. The topological polar surface area (TPSA) is 42.7 Å². The van der Waals surface area contributed by atoms with Gasteiger partial charge in [-0.15, -0.1) is 0 Å². The molecular weight excluding hydrogens is 291 g/mol. The Bertz CT molecular complexity index is 825. The van der Waals surface area contributed by atoms with Crippen LogP contribution in [0.25, 0.3) is 0 Å². The SMILES string of the molecule is Cc1cccc([C@@H]2C[C@H](c3ccc(F)cc3)Nc3ncnn32)c1. The van der Waals surface area contributed by atoms with Gasteiger partial charge in [-0.1, -0.05) is 42.0 Å². The predicted octanol–water partition coefficient (Wildman–Crippen LogP) is 3.87. The molecule has 23 heavy (non-hydrogen) atoms. The van der Waals surface area contributed by atoms with Crippen LogP contribution in [0.2, 0.25) is 0 Å². The summed E-state index contributed by atoms with van der Waals surface area (Å²) in [5.74, 6) is 0.528. The summed E-state index contributed by atoms with van der Waals surface area (Å²) in [6.45, 7) is 2.09. The molecule has 116 valence electrons. The van der Waals surface area contributed by atoms with Gasteiger partial charge in [-0.2, -0.15) is 10.1 Å². The summed E-state index contributed by atoms with van der Waals surface area (Å²) in [7, 11) is 0. The van der Waals surface area contributed by atoms with Crippen molar-refractivity contribution in [1.29, 1.82) is 0 Å². The smallest absolute Gasteiger partial charge is 0.222 e. The van der Waals surface area contributed by atoms with Gasteiger partial charge in [0.25, 0.3) is 0 Å². The van der Waals surface area contributed by atoms with Crippen LogP contribution in [0.5, 0.6) is 0 Å². The van der Waals surface area contributed by atoms with Gasteiger partial charge < -0.3 is 5.32 Å². The lowest BCUT2D eigenvalue weighted by Crippen LogP contribution is -2.28. The van der Waals surface area contributed by atoms with Gasteiger partial charge >= 0.3 is 0 Å². The van der Waals surface area contributed by atoms with Gasteiger partial charge in [-0.05, 0) is 36.6 Å². The number of hydrogen-bond acceptors (Lipinski definition) is 3. The maximum absolute atomic E-state index is 13.2. The van der Waals surface area contributed by atoms with Crippen molar-refractivity contribution >= 4 is 5.95 Å². The fourth-order valence-corrected chi connectivity index (χ4v) is 3.19. The summed E-state index contributed by atoms with van der Waals surface area (Å²) in [5, 5.41) is 7.76. The molecule has 5 heteroatoms. The molecule has 0 bridgehead atoms. The van der Waals surface area contributed by atoms with E-state index in [1.54, 1.807) is 6.33 Å². The van der Waals surface area contributed by atoms with Crippen LogP contribution in [0.1, 0.15) is 35.2 Å². The maximum Gasteiger partial charge on any atom is 0.222 e. The van der Waals surface area contributed by atoms with Crippen LogP contribution in [-0.2, 0) is 0 Å². The Morgan fingerprint density at radius 1 is 1.13 bits per heavy atom. The molecule has 1 aliphatic rings. The van der Waals surface area contributed by atoms with E-state index in [0.717, 1.165) is 17.9 Å². The Labute approximate surface area is 134 Å². The van der Waals surface area contributed by atoms with Gasteiger partial charge in [0.1, 0.15) is 12.1 Å². The van der Waals surface area contributed by atoms with E-state index >= 15 is 0 Å². The van der Waals surface area contributed by atoms with Crippen molar-refractivity contribution in [3.8, 4) is 0 Å². The zero-order valence-electron chi connectivity index (χ0n) is 12.8. The first-order valence-electron chi connectivity index (χ1n) is 7.69. The van der Waals surface area contributed by atoms with Crippen molar-refractivity contribution in [3.05, 3.63) is 77.4 Å². The molecule has 0 amide bonds. The van der Waals surface area contributed by atoms with Crippen LogP contribution in [-0.4, -0.2) is 14.8 Å². The number of aryl methyl sites for hydroxylation is 1. The molecule has 1 aliphatic heterocycles. The minimum absolute atomic E-state index is 0.0813. The number of aromatic nitrogens is 3. The van der Waals surface area contributed by atoms with Crippen LogP contribution in [0.15, 0.2) is 54.9 Å². The lowest BCUT2D eigenvalue weighted by molar-refractivity contribution is 0.430. The van der Waals surface area contributed by atoms with E-state index < -0.39 is 0 Å². The van der Waals surface area contributed by atoms with Gasteiger partial charge in [0.05, 0.1) is 12.1 Å². The van der Waals surface area contributed by atoms with Crippen LogP contribution >= 0.6 is 0 Å².